The molecule has 5 nitrogen and oxygen atoms in total. The molecule has 0 saturated heterocycles. The van der Waals surface area contributed by atoms with E-state index in [1.807, 2.05) is 0 Å². The molecule has 8 heteroatoms. The first-order valence-corrected chi connectivity index (χ1v) is 5.90. The van der Waals surface area contributed by atoms with E-state index in [4.69, 9.17) is 11.0 Å². The molecule has 0 unspecified atom stereocenters. The maximum absolute atomic E-state index is 13.7. The highest BCUT2D eigenvalue weighted by atomic mass is 19.3. The quantitative estimate of drug-likeness (QED) is 0.667. The van der Waals surface area contributed by atoms with Crippen LogP contribution in [0.15, 0.2) is 24.3 Å². The van der Waals surface area contributed by atoms with Crippen LogP contribution in [0.4, 0.5) is 18.0 Å². The number of primary amides is 1. The zero-order chi connectivity index (χ0) is 16.0. The van der Waals surface area contributed by atoms with E-state index in [9.17, 15) is 22.8 Å². The lowest BCUT2D eigenvalue weighted by Crippen LogP contribution is -2.37. The maximum Gasteiger partial charge on any atom is 0.335 e. The van der Waals surface area contributed by atoms with E-state index in [2.05, 4.69) is 0 Å². The topological polar surface area (TPSA) is 87.2 Å². The number of carbonyl (C=O) groups excluding carboxylic acids is 2. The number of nitrogens with zero attached hydrogens (tertiary/aromatic N) is 2. The first-order chi connectivity index (χ1) is 9.76. The molecule has 0 bridgehead atoms. The Morgan fingerprint density at radius 1 is 1.33 bits per heavy atom. The molecule has 1 rings (SSSR count). The van der Waals surface area contributed by atoms with E-state index in [1.165, 1.54) is 24.4 Å². The average Bonchev–Trinajstić information content (AvgIpc) is 2.39. The van der Waals surface area contributed by atoms with Crippen molar-refractivity contribution in [1.82, 2.24) is 4.90 Å². The van der Waals surface area contributed by atoms with Crippen molar-refractivity contribution in [3.05, 3.63) is 35.6 Å². The number of alkyl halides is 2. The summed E-state index contributed by atoms with van der Waals surface area (Å²) in [7, 11) is 0. The Labute approximate surface area is 118 Å². The van der Waals surface area contributed by atoms with Gasteiger partial charge in [-0.15, -0.1) is 0 Å². The predicted octanol–water partition coefficient (Wildman–Crippen LogP) is 2.17. The van der Waals surface area contributed by atoms with Crippen molar-refractivity contribution in [2.45, 2.75) is 25.2 Å². The molecule has 0 fully saturated rings. The molecule has 0 radical (unpaired) electrons. The number of halogens is 3. The van der Waals surface area contributed by atoms with Crippen LogP contribution >= 0.6 is 0 Å². The second kappa shape index (κ2) is 6.74. The monoisotopic (exact) mass is 299 g/mol. The Hall–Kier alpha value is -2.56. The SMILES string of the molecule is N#CN(C(N)=O)C(=O)CCC(F)(F)Cc1ccccc1F. The van der Waals surface area contributed by atoms with Gasteiger partial charge >= 0.3 is 6.03 Å². The van der Waals surface area contributed by atoms with Crippen molar-refractivity contribution in [1.29, 1.82) is 5.26 Å². The van der Waals surface area contributed by atoms with Gasteiger partial charge in [0.05, 0.1) is 0 Å². The fraction of sp³-hybridized carbons (Fsp3) is 0.308. The summed E-state index contributed by atoms with van der Waals surface area (Å²) in [6, 6.07) is 3.74. The van der Waals surface area contributed by atoms with Crippen molar-refractivity contribution in [3.63, 3.8) is 0 Å². The lowest BCUT2D eigenvalue weighted by atomic mass is 10.0. The number of urea groups is 1. The molecule has 0 atom stereocenters. The Kier molecular flexibility index (Phi) is 5.30. The van der Waals surface area contributed by atoms with Gasteiger partial charge in [-0.05, 0) is 11.6 Å². The number of nitriles is 1. The van der Waals surface area contributed by atoms with E-state index < -0.39 is 42.9 Å². The van der Waals surface area contributed by atoms with Crippen molar-refractivity contribution >= 4 is 11.9 Å². The van der Waals surface area contributed by atoms with Crippen LogP contribution in [0.2, 0.25) is 0 Å². The van der Waals surface area contributed by atoms with Crippen LogP contribution in [0.1, 0.15) is 18.4 Å². The standard InChI is InChI=1S/C13H12F3N3O2/c14-10-4-2-1-3-9(10)7-13(15,16)6-5-11(20)19(8-17)12(18)21/h1-4H,5-7H2,(H2,18,21). The van der Waals surface area contributed by atoms with Gasteiger partial charge in [-0.1, -0.05) is 18.2 Å². The second-order valence-electron chi connectivity index (χ2n) is 4.29. The summed E-state index contributed by atoms with van der Waals surface area (Å²) in [6.45, 7) is 0. The molecular weight excluding hydrogens is 287 g/mol. The fourth-order valence-corrected chi connectivity index (χ4v) is 1.64. The summed E-state index contributed by atoms with van der Waals surface area (Å²) in [4.78, 5) is 22.1. The van der Waals surface area contributed by atoms with E-state index in [0.29, 0.717) is 0 Å². The molecule has 0 aliphatic rings. The molecule has 0 aliphatic heterocycles. The van der Waals surface area contributed by atoms with Crippen LogP contribution in [0, 0.1) is 17.3 Å². The highest BCUT2D eigenvalue weighted by Crippen LogP contribution is 2.27. The Morgan fingerprint density at radius 2 is 1.95 bits per heavy atom. The lowest BCUT2D eigenvalue weighted by molar-refractivity contribution is -0.127. The summed E-state index contributed by atoms with van der Waals surface area (Å²) in [6.07, 6.45) is -1.36. The molecule has 0 heterocycles. The maximum atomic E-state index is 13.7. The van der Waals surface area contributed by atoms with Gasteiger partial charge in [-0.2, -0.15) is 10.2 Å². The highest BCUT2D eigenvalue weighted by Gasteiger charge is 2.32. The van der Waals surface area contributed by atoms with Crippen LogP contribution < -0.4 is 5.73 Å². The van der Waals surface area contributed by atoms with Gasteiger partial charge in [0, 0.05) is 19.3 Å². The molecule has 0 saturated carbocycles. The number of amides is 3. The minimum Gasteiger partial charge on any atom is -0.350 e. The first-order valence-electron chi connectivity index (χ1n) is 5.90. The van der Waals surface area contributed by atoms with Gasteiger partial charge in [-0.3, -0.25) is 4.79 Å². The normalized spacial score (nSPS) is 10.8. The third-order valence-electron chi connectivity index (χ3n) is 2.68. The van der Waals surface area contributed by atoms with Gasteiger partial charge in [0.25, 0.3) is 5.92 Å². The van der Waals surface area contributed by atoms with Gasteiger partial charge in [-0.25, -0.2) is 18.0 Å². The number of rotatable bonds is 5. The zero-order valence-electron chi connectivity index (χ0n) is 10.9. The van der Waals surface area contributed by atoms with Crippen molar-refractivity contribution in [2.75, 3.05) is 0 Å². The Bertz CT molecular complexity index is 584. The molecule has 1 aromatic rings. The van der Waals surface area contributed by atoms with Crippen LogP contribution in [-0.4, -0.2) is 22.8 Å². The van der Waals surface area contributed by atoms with Crippen LogP contribution in [0.5, 0.6) is 0 Å². The molecule has 2 N–H and O–H groups in total. The molecule has 112 valence electrons. The van der Waals surface area contributed by atoms with Gasteiger partial charge in [0.2, 0.25) is 5.91 Å². The third kappa shape index (κ3) is 4.80. The molecule has 21 heavy (non-hydrogen) atoms. The number of hydrogen-bond acceptors (Lipinski definition) is 3. The van der Waals surface area contributed by atoms with Crippen LogP contribution in [0.25, 0.3) is 0 Å². The number of carbonyl (C=O) groups is 2. The Morgan fingerprint density at radius 3 is 2.48 bits per heavy atom. The number of imide groups is 1. The van der Waals surface area contributed by atoms with Crippen LogP contribution in [-0.2, 0) is 11.2 Å². The van der Waals surface area contributed by atoms with E-state index in [-0.39, 0.29) is 10.5 Å². The van der Waals surface area contributed by atoms with Gasteiger partial charge < -0.3 is 5.73 Å². The van der Waals surface area contributed by atoms with Gasteiger partial charge in [0.1, 0.15) is 5.82 Å². The summed E-state index contributed by atoms with van der Waals surface area (Å²) < 4.78 is 40.7. The summed E-state index contributed by atoms with van der Waals surface area (Å²) >= 11 is 0. The number of benzene rings is 1. The lowest BCUT2D eigenvalue weighted by Gasteiger charge is -2.17. The van der Waals surface area contributed by atoms with E-state index >= 15 is 0 Å². The van der Waals surface area contributed by atoms with E-state index in [1.54, 1.807) is 0 Å². The fourth-order valence-electron chi connectivity index (χ4n) is 1.64. The molecule has 0 aliphatic carbocycles. The minimum absolute atomic E-state index is 0.000813. The summed E-state index contributed by atoms with van der Waals surface area (Å²) in [5.41, 5.74) is 4.56. The first kappa shape index (κ1) is 16.5. The largest absolute Gasteiger partial charge is 0.350 e. The van der Waals surface area contributed by atoms with E-state index in [0.717, 1.165) is 6.07 Å². The second-order valence-corrected chi connectivity index (χ2v) is 4.29. The summed E-state index contributed by atoms with van der Waals surface area (Å²) in [5, 5.41) is 8.49. The van der Waals surface area contributed by atoms with Gasteiger partial charge in [0.15, 0.2) is 6.19 Å². The summed E-state index contributed by atoms with van der Waals surface area (Å²) in [5.74, 6) is -5.24. The molecule has 0 aromatic heterocycles. The smallest absolute Gasteiger partial charge is 0.335 e. The third-order valence-corrected chi connectivity index (χ3v) is 2.68. The molecule has 1 aromatic carbocycles. The molecule has 3 amide bonds. The number of hydrogen-bond donors (Lipinski definition) is 1. The average molecular weight is 299 g/mol. The molecule has 0 spiro atoms. The number of nitrogens with two attached hydrogens (primary N) is 1. The minimum atomic E-state index is -3.35. The van der Waals surface area contributed by atoms with Crippen LogP contribution in [0.3, 0.4) is 0 Å². The Balaban J connectivity index is 2.65. The predicted molar refractivity (Wildman–Crippen MR) is 66.3 cm³/mol. The highest BCUT2D eigenvalue weighted by molar-refractivity contribution is 5.95. The van der Waals surface area contributed by atoms with Crippen molar-refractivity contribution in [2.24, 2.45) is 5.73 Å². The molecular formula is C13H12F3N3O2. The van der Waals surface area contributed by atoms with Crippen molar-refractivity contribution in [3.8, 4) is 6.19 Å². The zero-order valence-corrected chi connectivity index (χ0v) is 10.9. The van der Waals surface area contributed by atoms with Crippen molar-refractivity contribution < 1.29 is 22.8 Å².